The Balaban J connectivity index is 1.55. The normalized spacial score (nSPS) is 21.9. The Hall–Kier alpha value is -2.99. The van der Waals surface area contributed by atoms with Crippen molar-refractivity contribution < 1.29 is 13.6 Å². The van der Waals surface area contributed by atoms with Gasteiger partial charge >= 0.3 is 11.3 Å². The fourth-order valence-corrected chi connectivity index (χ4v) is 5.26. The van der Waals surface area contributed by atoms with Crippen LogP contribution in [0.25, 0.3) is 11.1 Å². The van der Waals surface area contributed by atoms with Crippen molar-refractivity contribution in [3.63, 3.8) is 0 Å². The SMILES string of the molecule is C[C@@H]1c2ccccc2[C@H]2C[C@H](NC(=O)C(F)(F)Cl)CCN2c2ccc(-c3ccncc3)cc21. The molecule has 1 N–H and O–H groups in total. The minimum Gasteiger partial charge on any atom is -0.364 e. The largest absolute Gasteiger partial charge is 0.399 e. The zero-order chi connectivity index (χ0) is 23.2. The van der Waals surface area contributed by atoms with Crippen LogP contribution in [0.5, 0.6) is 0 Å². The fraction of sp³-hybridized carbons (Fsp3) is 0.308. The zero-order valence-corrected chi connectivity index (χ0v) is 18.9. The van der Waals surface area contributed by atoms with Crippen LogP contribution < -0.4 is 10.2 Å². The van der Waals surface area contributed by atoms with Crippen LogP contribution in [0.15, 0.2) is 67.0 Å². The Morgan fingerprint density at radius 1 is 1.06 bits per heavy atom. The Kier molecular flexibility index (Phi) is 5.57. The highest BCUT2D eigenvalue weighted by molar-refractivity contribution is 6.32. The van der Waals surface area contributed by atoms with Gasteiger partial charge in [-0.15, -0.1) is 0 Å². The summed E-state index contributed by atoms with van der Waals surface area (Å²) in [6.45, 7) is 2.85. The average Bonchev–Trinajstić information content (AvgIpc) is 2.92. The minimum absolute atomic E-state index is 0.0281. The summed E-state index contributed by atoms with van der Waals surface area (Å²) in [7, 11) is 0. The molecule has 0 saturated carbocycles. The number of hydrogen-bond acceptors (Lipinski definition) is 3. The molecule has 0 radical (unpaired) electrons. The third kappa shape index (κ3) is 4.08. The molecule has 1 saturated heterocycles. The van der Waals surface area contributed by atoms with Crippen molar-refractivity contribution in [1.82, 2.24) is 10.3 Å². The van der Waals surface area contributed by atoms with Gasteiger partial charge in [0.1, 0.15) is 0 Å². The number of fused-ring (bicyclic) bond motifs is 5. The van der Waals surface area contributed by atoms with E-state index in [9.17, 15) is 13.6 Å². The number of aromatic nitrogens is 1. The third-order valence-corrected chi connectivity index (χ3v) is 7.01. The van der Waals surface area contributed by atoms with E-state index in [0.29, 0.717) is 19.4 Å². The van der Waals surface area contributed by atoms with Gasteiger partial charge in [0, 0.05) is 36.6 Å². The number of piperidine rings is 1. The molecule has 1 aromatic heterocycles. The van der Waals surface area contributed by atoms with Gasteiger partial charge in [-0.3, -0.25) is 9.78 Å². The quantitative estimate of drug-likeness (QED) is 0.490. The number of carbonyl (C=O) groups is 1. The van der Waals surface area contributed by atoms with E-state index in [-0.39, 0.29) is 18.0 Å². The predicted octanol–water partition coefficient (Wildman–Crippen LogP) is 5.87. The molecule has 0 unspecified atom stereocenters. The number of rotatable bonds is 3. The Morgan fingerprint density at radius 2 is 1.79 bits per heavy atom. The molecule has 2 aromatic carbocycles. The third-order valence-electron chi connectivity index (χ3n) is 6.83. The lowest BCUT2D eigenvalue weighted by Crippen LogP contribution is -2.49. The van der Waals surface area contributed by atoms with Crippen molar-refractivity contribution in [2.24, 2.45) is 0 Å². The number of nitrogens with zero attached hydrogens (tertiary/aromatic N) is 2. The number of halogens is 3. The molecule has 5 rings (SSSR count). The molecule has 2 aliphatic rings. The van der Waals surface area contributed by atoms with E-state index in [4.69, 9.17) is 11.6 Å². The summed E-state index contributed by atoms with van der Waals surface area (Å²) in [6.07, 6.45) is 4.68. The first kappa shape index (κ1) is 21.8. The van der Waals surface area contributed by atoms with Crippen LogP contribution in [0.3, 0.4) is 0 Å². The molecule has 1 amide bonds. The van der Waals surface area contributed by atoms with E-state index in [2.05, 4.69) is 52.5 Å². The molecule has 4 nitrogen and oxygen atoms in total. The van der Waals surface area contributed by atoms with E-state index < -0.39 is 11.3 Å². The first-order valence-electron chi connectivity index (χ1n) is 11.1. The summed E-state index contributed by atoms with van der Waals surface area (Å²) < 4.78 is 26.5. The molecular weight excluding hydrogens is 444 g/mol. The van der Waals surface area contributed by atoms with Gasteiger partial charge in [-0.2, -0.15) is 8.78 Å². The van der Waals surface area contributed by atoms with E-state index in [1.54, 1.807) is 12.4 Å². The van der Waals surface area contributed by atoms with Crippen LogP contribution in [-0.2, 0) is 4.79 Å². The summed E-state index contributed by atoms with van der Waals surface area (Å²) in [5.41, 5.74) is 7.00. The Bertz CT molecular complexity index is 1180. The van der Waals surface area contributed by atoms with Gasteiger partial charge in [0.2, 0.25) is 0 Å². The van der Waals surface area contributed by atoms with Crippen LogP contribution >= 0.6 is 11.6 Å². The number of alkyl halides is 3. The van der Waals surface area contributed by atoms with Crippen molar-refractivity contribution in [1.29, 1.82) is 0 Å². The van der Waals surface area contributed by atoms with Gasteiger partial charge in [-0.25, -0.2) is 0 Å². The summed E-state index contributed by atoms with van der Waals surface area (Å²) in [5, 5.41) is -1.44. The number of anilines is 1. The molecule has 170 valence electrons. The highest BCUT2D eigenvalue weighted by Crippen LogP contribution is 2.47. The van der Waals surface area contributed by atoms with Crippen molar-refractivity contribution >= 4 is 23.2 Å². The van der Waals surface area contributed by atoms with Crippen molar-refractivity contribution in [3.8, 4) is 11.1 Å². The van der Waals surface area contributed by atoms with E-state index >= 15 is 0 Å². The maximum Gasteiger partial charge on any atom is 0.399 e. The monoisotopic (exact) mass is 467 g/mol. The topological polar surface area (TPSA) is 45.2 Å². The predicted molar refractivity (Wildman–Crippen MR) is 126 cm³/mol. The van der Waals surface area contributed by atoms with E-state index in [0.717, 1.165) is 16.8 Å². The maximum absolute atomic E-state index is 13.3. The Morgan fingerprint density at radius 3 is 2.52 bits per heavy atom. The first-order valence-corrected chi connectivity index (χ1v) is 11.5. The van der Waals surface area contributed by atoms with Gasteiger partial charge in [0.15, 0.2) is 0 Å². The molecule has 0 bridgehead atoms. The molecule has 0 aliphatic carbocycles. The van der Waals surface area contributed by atoms with Crippen molar-refractivity contribution in [2.45, 2.75) is 43.1 Å². The van der Waals surface area contributed by atoms with Gasteiger partial charge in [-0.1, -0.05) is 37.3 Å². The highest BCUT2D eigenvalue weighted by atomic mass is 35.5. The van der Waals surface area contributed by atoms with Crippen LogP contribution in [0, 0.1) is 0 Å². The number of nitrogens with one attached hydrogen (secondary N) is 1. The fourth-order valence-electron chi connectivity index (χ4n) is 5.21. The summed E-state index contributed by atoms with van der Waals surface area (Å²) in [6, 6.07) is 18.4. The van der Waals surface area contributed by atoms with E-state index in [1.165, 1.54) is 16.7 Å². The van der Waals surface area contributed by atoms with Crippen LogP contribution in [0.4, 0.5) is 14.5 Å². The lowest BCUT2D eigenvalue weighted by atomic mass is 9.85. The molecule has 3 heterocycles. The van der Waals surface area contributed by atoms with Gasteiger partial charge in [0.05, 0.1) is 6.04 Å². The van der Waals surface area contributed by atoms with Gasteiger partial charge in [-0.05, 0) is 76.5 Å². The smallest absolute Gasteiger partial charge is 0.364 e. The second-order valence-corrected chi connectivity index (χ2v) is 9.24. The van der Waals surface area contributed by atoms with Crippen LogP contribution in [-0.4, -0.2) is 28.9 Å². The van der Waals surface area contributed by atoms with Crippen LogP contribution in [0.2, 0.25) is 0 Å². The zero-order valence-electron chi connectivity index (χ0n) is 18.1. The number of amides is 1. The van der Waals surface area contributed by atoms with Crippen molar-refractivity contribution in [2.75, 3.05) is 11.4 Å². The summed E-state index contributed by atoms with van der Waals surface area (Å²) in [4.78, 5) is 18.3. The van der Waals surface area contributed by atoms with E-state index in [1.807, 2.05) is 24.3 Å². The molecule has 7 heteroatoms. The summed E-state index contributed by atoms with van der Waals surface area (Å²) >= 11 is 4.94. The summed E-state index contributed by atoms with van der Waals surface area (Å²) in [5.74, 6) is -1.27. The van der Waals surface area contributed by atoms with Gasteiger partial charge in [0.25, 0.3) is 0 Å². The minimum atomic E-state index is -3.90. The lowest BCUT2D eigenvalue weighted by Gasteiger charge is -2.41. The average molecular weight is 468 g/mol. The van der Waals surface area contributed by atoms with Gasteiger partial charge < -0.3 is 10.2 Å². The molecule has 3 aromatic rings. The molecular formula is C26H24ClF2N3O. The number of pyridine rings is 1. The number of benzene rings is 2. The molecule has 33 heavy (non-hydrogen) atoms. The second kappa shape index (κ2) is 8.41. The molecule has 1 fully saturated rings. The maximum atomic E-state index is 13.3. The molecule has 3 atom stereocenters. The van der Waals surface area contributed by atoms with Crippen LogP contribution in [0.1, 0.15) is 48.4 Å². The Labute approximate surface area is 196 Å². The second-order valence-electron chi connectivity index (χ2n) is 8.76. The molecule has 0 spiro atoms. The lowest BCUT2D eigenvalue weighted by molar-refractivity contribution is -0.136. The molecule has 2 aliphatic heterocycles. The van der Waals surface area contributed by atoms with Crippen molar-refractivity contribution in [3.05, 3.63) is 83.7 Å². The standard InChI is InChI=1S/C26H24ClF2N3O/c1-16-20-4-2-3-5-21(20)24-15-19(31-25(33)26(27,28)29)10-13-32(24)23-7-6-18(14-22(16)23)17-8-11-30-12-9-17/h2-9,11-12,14,16,19,24H,10,13,15H2,1H3,(H,31,33)/t16-,19-,24-/m1/s1. The number of hydrogen-bond donors (Lipinski definition) is 1. The number of carbonyl (C=O) groups excluding carboxylic acids is 1. The highest BCUT2D eigenvalue weighted by Gasteiger charge is 2.40. The first-order chi connectivity index (χ1) is 15.8.